The number of halogens is 1. The second-order valence-corrected chi connectivity index (χ2v) is 8.52. The number of aryl methyl sites for hydroxylation is 1. The van der Waals surface area contributed by atoms with Gasteiger partial charge in [0.1, 0.15) is 5.02 Å². The molecule has 2 aromatic carbocycles. The van der Waals surface area contributed by atoms with Gasteiger partial charge in [-0.2, -0.15) is 0 Å². The highest BCUT2D eigenvalue weighted by Gasteiger charge is 2.43. The highest BCUT2D eigenvalue weighted by atomic mass is 35.5. The molecule has 1 aliphatic carbocycles. The van der Waals surface area contributed by atoms with E-state index in [1.807, 2.05) is 25.1 Å². The van der Waals surface area contributed by atoms with E-state index < -0.39 is 16.8 Å². The average molecular weight is 452 g/mol. The topological polar surface area (TPSA) is 102 Å². The minimum Gasteiger partial charge on any atom is -0.325 e. The van der Waals surface area contributed by atoms with Crippen LogP contribution in [0.3, 0.4) is 0 Å². The Morgan fingerprint density at radius 1 is 1.19 bits per heavy atom. The highest BCUT2D eigenvalue weighted by Crippen LogP contribution is 2.45. The second-order valence-electron chi connectivity index (χ2n) is 8.12. The van der Waals surface area contributed by atoms with Crippen LogP contribution in [0, 0.1) is 23.0 Å². The molecule has 164 valence electrons. The predicted octanol–water partition coefficient (Wildman–Crippen LogP) is 5.38. The lowest BCUT2D eigenvalue weighted by atomic mass is 9.71. The van der Waals surface area contributed by atoms with Gasteiger partial charge in [0.25, 0.3) is 5.69 Å². The molecule has 1 amide bonds. The number of rotatable bonds is 4. The fraction of sp³-hybridized carbons (Fsp3) is 0.292. The molecule has 32 heavy (non-hydrogen) atoms. The lowest BCUT2D eigenvalue weighted by Gasteiger charge is -2.35. The number of nitrogens with one attached hydrogen (secondary N) is 1. The van der Waals surface area contributed by atoms with E-state index in [-0.39, 0.29) is 22.4 Å². The molecule has 0 aromatic heterocycles. The maximum atomic E-state index is 13.5. The fourth-order valence-corrected chi connectivity index (χ4v) is 4.68. The number of amides is 1. The maximum absolute atomic E-state index is 13.5. The molecule has 0 bridgehead atoms. The van der Waals surface area contributed by atoms with E-state index in [0.717, 1.165) is 5.56 Å². The van der Waals surface area contributed by atoms with Crippen LogP contribution in [0.15, 0.2) is 58.7 Å². The van der Waals surface area contributed by atoms with E-state index >= 15 is 0 Å². The summed E-state index contributed by atoms with van der Waals surface area (Å²) in [5.41, 5.74) is 3.53. The van der Waals surface area contributed by atoms with Crippen molar-refractivity contribution in [2.75, 3.05) is 5.32 Å². The molecule has 4 rings (SSSR count). The minimum atomic E-state index is -0.781. The standard InChI is InChI=1S/C24H22ClN3O4/c1-13-6-3-4-7-17(13)27-24(30)21-14(2)26-18-8-5-9-20(29)23(18)22(21)15-10-11-16(25)19(12-15)28(31)32/h3-4,6-7,10-12,21-22H,5,8-9H2,1-2H3,(H,27,30)/t21?,22-/m1/s1. The van der Waals surface area contributed by atoms with Gasteiger partial charge in [0.2, 0.25) is 5.91 Å². The van der Waals surface area contributed by atoms with Gasteiger partial charge in [-0.05, 0) is 49.9 Å². The summed E-state index contributed by atoms with van der Waals surface area (Å²) < 4.78 is 0. The van der Waals surface area contributed by atoms with E-state index in [1.165, 1.54) is 12.1 Å². The first-order valence-electron chi connectivity index (χ1n) is 10.4. The van der Waals surface area contributed by atoms with E-state index in [0.29, 0.717) is 47.5 Å². The van der Waals surface area contributed by atoms with Gasteiger partial charge in [0, 0.05) is 41.1 Å². The Labute approximate surface area is 190 Å². The number of nitrogens with zero attached hydrogens (tertiary/aromatic N) is 2. The number of nitro groups is 1. The summed E-state index contributed by atoms with van der Waals surface area (Å²) in [6, 6.07) is 11.9. The monoisotopic (exact) mass is 451 g/mol. The molecule has 2 aliphatic rings. The van der Waals surface area contributed by atoms with Crippen molar-refractivity contribution in [2.24, 2.45) is 10.9 Å². The molecule has 8 heteroatoms. The number of hydrogen-bond acceptors (Lipinski definition) is 5. The Kier molecular flexibility index (Phi) is 5.93. The van der Waals surface area contributed by atoms with Crippen molar-refractivity contribution in [1.82, 2.24) is 0 Å². The number of ketones is 1. The molecule has 1 unspecified atom stereocenters. The lowest BCUT2D eigenvalue weighted by molar-refractivity contribution is -0.384. The third-order valence-corrected chi connectivity index (χ3v) is 6.37. The van der Waals surface area contributed by atoms with Gasteiger partial charge in [-0.15, -0.1) is 0 Å². The van der Waals surface area contributed by atoms with Crippen molar-refractivity contribution in [1.29, 1.82) is 0 Å². The molecule has 0 spiro atoms. The van der Waals surface area contributed by atoms with Crippen LogP contribution in [0.2, 0.25) is 5.02 Å². The van der Waals surface area contributed by atoms with Crippen molar-refractivity contribution in [3.63, 3.8) is 0 Å². The summed E-state index contributed by atoms with van der Waals surface area (Å²) in [6.45, 7) is 3.66. The smallest absolute Gasteiger partial charge is 0.288 e. The number of benzene rings is 2. The van der Waals surface area contributed by atoms with Gasteiger partial charge in [-0.25, -0.2) is 0 Å². The largest absolute Gasteiger partial charge is 0.325 e. The molecule has 1 heterocycles. The van der Waals surface area contributed by atoms with Crippen molar-refractivity contribution in [3.05, 3.63) is 80.0 Å². The molecule has 0 saturated carbocycles. The summed E-state index contributed by atoms with van der Waals surface area (Å²) in [4.78, 5) is 42.0. The number of Topliss-reactive ketones (excluding diaryl/α,β-unsaturated/α-hetero) is 1. The molecule has 1 aliphatic heterocycles. The zero-order valence-electron chi connectivity index (χ0n) is 17.7. The van der Waals surface area contributed by atoms with Crippen molar-refractivity contribution in [2.45, 2.75) is 39.0 Å². The zero-order valence-corrected chi connectivity index (χ0v) is 18.5. The van der Waals surface area contributed by atoms with Crippen molar-refractivity contribution >= 4 is 40.4 Å². The number of carbonyl (C=O) groups is 2. The first kappa shape index (κ1) is 21.9. The molecule has 0 saturated heterocycles. The van der Waals surface area contributed by atoms with Crippen LogP contribution in [0.1, 0.15) is 43.2 Å². The van der Waals surface area contributed by atoms with E-state index in [2.05, 4.69) is 10.3 Å². The Morgan fingerprint density at radius 3 is 2.66 bits per heavy atom. The van der Waals surface area contributed by atoms with E-state index in [1.54, 1.807) is 19.1 Å². The van der Waals surface area contributed by atoms with Gasteiger partial charge >= 0.3 is 0 Å². The Bertz CT molecular complexity index is 1200. The molecule has 1 N–H and O–H groups in total. The number of allylic oxidation sites excluding steroid dienone is 2. The molecule has 2 atom stereocenters. The molecule has 2 aromatic rings. The Hall–Kier alpha value is -3.32. The van der Waals surface area contributed by atoms with E-state index in [4.69, 9.17) is 11.6 Å². The fourth-order valence-electron chi connectivity index (χ4n) is 4.49. The zero-order chi connectivity index (χ0) is 23.0. The number of aliphatic imine (C=N–C) groups is 1. The Morgan fingerprint density at radius 2 is 1.94 bits per heavy atom. The highest BCUT2D eigenvalue weighted by molar-refractivity contribution is 6.32. The second kappa shape index (κ2) is 8.67. The van der Waals surface area contributed by atoms with Gasteiger partial charge in [-0.1, -0.05) is 35.9 Å². The third kappa shape index (κ3) is 3.96. The van der Waals surface area contributed by atoms with Crippen LogP contribution in [-0.2, 0) is 9.59 Å². The normalized spacial score (nSPS) is 20.5. The predicted molar refractivity (Wildman–Crippen MR) is 123 cm³/mol. The number of carbonyl (C=O) groups excluding carboxylic acids is 2. The van der Waals surface area contributed by atoms with Crippen molar-refractivity contribution in [3.8, 4) is 0 Å². The van der Waals surface area contributed by atoms with Crippen LogP contribution in [0.5, 0.6) is 0 Å². The quantitative estimate of drug-likeness (QED) is 0.498. The molecule has 0 radical (unpaired) electrons. The number of para-hydroxylation sites is 1. The third-order valence-electron chi connectivity index (χ3n) is 6.05. The van der Waals surface area contributed by atoms with Gasteiger partial charge in [0.15, 0.2) is 5.78 Å². The van der Waals surface area contributed by atoms with Crippen LogP contribution in [-0.4, -0.2) is 22.3 Å². The molecular formula is C24H22ClN3O4. The first-order valence-corrected chi connectivity index (χ1v) is 10.8. The lowest BCUT2D eigenvalue weighted by Crippen LogP contribution is -2.39. The van der Waals surface area contributed by atoms with Crippen molar-refractivity contribution < 1.29 is 14.5 Å². The SMILES string of the molecule is CC1=NC2=C(C(=O)CCC2)[C@H](c2ccc(Cl)c([N+](=O)[O-])c2)C1C(=O)Nc1ccccc1C. The van der Waals surface area contributed by atoms with E-state index in [9.17, 15) is 19.7 Å². The first-order chi connectivity index (χ1) is 15.3. The number of hydrogen-bond donors (Lipinski definition) is 1. The molecule has 0 fully saturated rings. The van der Waals surface area contributed by atoms with Crippen LogP contribution < -0.4 is 5.32 Å². The molecule has 7 nitrogen and oxygen atoms in total. The van der Waals surface area contributed by atoms with Gasteiger partial charge < -0.3 is 5.32 Å². The minimum absolute atomic E-state index is 0.00466. The summed E-state index contributed by atoms with van der Waals surface area (Å²) in [6.07, 6.45) is 1.70. The van der Waals surface area contributed by atoms with Crippen LogP contribution in [0.4, 0.5) is 11.4 Å². The summed E-state index contributed by atoms with van der Waals surface area (Å²) in [7, 11) is 0. The number of anilines is 1. The maximum Gasteiger partial charge on any atom is 0.288 e. The summed E-state index contributed by atoms with van der Waals surface area (Å²) in [5.74, 6) is -1.83. The van der Waals surface area contributed by atoms with Gasteiger partial charge in [0.05, 0.1) is 10.8 Å². The number of nitro benzene ring substituents is 1. The Balaban J connectivity index is 1.84. The van der Waals surface area contributed by atoms with Gasteiger partial charge in [-0.3, -0.25) is 24.7 Å². The molecular weight excluding hydrogens is 430 g/mol. The van der Waals surface area contributed by atoms with Crippen LogP contribution in [0.25, 0.3) is 0 Å². The van der Waals surface area contributed by atoms with Crippen LogP contribution >= 0.6 is 11.6 Å². The summed E-state index contributed by atoms with van der Waals surface area (Å²) >= 11 is 6.02. The summed E-state index contributed by atoms with van der Waals surface area (Å²) in [5, 5.41) is 14.5. The average Bonchev–Trinajstić information content (AvgIpc) is 2.74.